The number of benzene rings is 2. The van der Waals surface area contributed by atoms with E-state index in [2.05, 4.69) is 5.32 Å². The van der Waals surface area contributed by atoms with Gasteiger partial charge in [-0.05, 0) is 36.4 Å². The molecule has 25 heavy (non-hydrogen) atoms. The Morgan fingerprint density at radius 1 is 0.880 bits per heavy atom. The number of hydrogen-bond acceptors (Lipinski definition) is 3. The van der Waals surface area contributed by atoms with Crippen LogP contribution in [-0.4, -0.2) is 11.9 Å². The Morgan fingerprint density at radius 3 is 1.92 bits per heavy atom. The molecular weight excluding hydrogens is 318 g/mol. The molecule has 0 aliphatic heterocycles. The van der Waals surface area contributed by atoms with E-state index >= 15 is 0 Å². The van der Waals surface area contributed by atoms with Gasteiger partial charge in [-0.25, -0.2) is 4.79 Å². The number of nitrogens with zero attached hydrogens (tertiary/aromatic N) is 1. The monoisotopic (exact) mass is 335 g/mol. The van der Waals surface area contributed by atoms with Gasteiger partial charge in [-0.15, -0.1) is 0 Å². The van der Waals surface area contributed by atoms with E-state index in [1.807, 2.05) is 60.7 Å². The molecule has 1 heterocycles. The fourth-order valence-electron chi connectivity index (χ4n) is 2.38. The first-order valence-electron chi connectivity index (χ1n) is 7.72. The lowest BCUT2D eigenvalue weighted by molar-refractivity contribution is 0.0972. The first kappa shape index (κ1) is 16.3. The van der Waals surface area contributed by atoms with Gasteiger partial charge in [-0.3, -0.25) is 9.69 Å². The van der Waals surface area contributed by atoms with Crippen LogP contribution in [0, 0.1) is 0 Å². The van der Waals surface area contributed by atoms with Crippen molar-refractivity contribution in [2.24, 2.45) is 5.73 Å². The lowest BCUT2D eigenvalue weighted by Crippen LogP contribution is -2.36. The molecule has 3 rings (SSSR count). The molecule has 3 amide bonds. The van der Waals surface area contributed by atoms with E-state index in [1.54, 1.807) is 11.0 Å². The SMILES string of the molecule is NC(=O)c1ccc(CNC(=O)N(c2ccccc2)c2ccccc2)o1. The molecule has 6 nitrogen and oxygen atoms in total. The summed E-state index contributed by atoms with van der Waals surface area (Å²) in [5.74, 6) is -0.136. The van der Waals surface area contributed by atoms with Crippen LogP contribution in [0.15, 0.2) is 77.2 Å². The van der Waals surface area contributed by atoms with Gasteiger partial charge in [0.15, 0.2) is 5.76 Å². The Hall–Kier alpha value is -3.54. The van der Waals surface area contributed by atoms with Gasteiger partial charge in [0, 0.05) is 0 Å². The van der Waals surface area contributed by atoms with Crippen molar-refractivity contribution < 1.29 is 14.0 Å². The highest BCUT2D eigenvalue weighted by molar-refractivity contribution is 5.99. The van der Waals surface area contributed by atoms with Crippen molar-refractivity contribution in [1.29, 1.82) is 0 Å². The predicted octanol–water partition coefficient (Wildman–Crippen LogP) is 3.43. The number of para-hydroxylation sites is 2. The number of nitrogens with two attached hydrogens (primary N) is 1. The summed E-state index contributed by atoms with van der Waals surface area (Å²) in [5, 5.41) is 2.79. The van der Waals surface area contributed by atoms with E-state index in [9.17, 15) is 9.59 Å². The van der Waals surface area contributed by atoms with E-state index in [0.717, 1.165) is 11.4 Å². The lowest BCUT2D eigenvalue weighted by Gasteiger charge is -2.23. The first-order chi connectivity index (χ1) is 12.1. The minimum Gasteiger partial charge on any atom is -0.454 e. The molecule has 3 N–H and O–H groups in total. The van der Waals surface area contributed by atoms with Crippen LogP contribution in [0.1, 0.15) is 16.3 Å². The second-order valence-electron chi connectivity index (χ2n) is 5.30. The first-order valence-corrected chi connectivity index (χ1v) is 7.72. The highest BCUT2D eigenvalue weighted by atomic mass is 16.4. The quantitative estimate of drug-likeness (QED) is 0.748. The van der Waals surface area contributed by atoms with Crippen LogP contribution >= 0.6 is 0 Å². The van der Waals surface area contributed by atoms with Crippen LogP contribution in [0.5, 0.6) is 0 Å². The molecule has 2 aromatic carbocycles. The molecule has 0 aliphatic carbocycles. The summed E-state index contributed by atoms with van der Waals surface area (Å²) in [6.45, 7) is 0.141. The third-order valence-corrected chi connectivity index (χ3v) is 3.55. The Balaban J connectivity index is 1.78. The molecular formula is C19H17N3O3. The van der Waals surface area contributed by atoms with Gasteiger partial charge >= 0.3 is 6.03 Å². The van der Waals surface area contributed by atoms with Gasteiger partial charge in [0.1, 0.15) is 5.76 Å². The second-order valence-corrected chi connectivity index (χ2v) is 5.30. The summed E-state index contributed by atoms with van der Waals surface area (Å²) in [5.41, 5.74) is 6.63. The van der Waals surface area contributed by atoms with Crippen LogP contribution in [-0.2, 0) is 6.54 Å². The van der Waals surface area contributed by atoms with Crippen molar-refractivity contribution in [3.8, 4) is 0 Å². The molecule has 1 aromatic heterocycles. The van der Waals surface area contributed by atoms with Crippen molar-refractivity contribution in [3.63, 3.8) is 0 Å². The normalized spacial score (nSPS) is 10.2. The topological polar surface area (TPSA) is 88.6 Å². The van der Waals surface area contributed by atoms with Crippen LogP contribution in [0.4, 0.5) is 16.2 Å². The maximum absolute atomic E-state index is 12.7. The zero-order valence-corrected chi connectivity index (χ0v) is 13.4. The number of carbonyl (C=O) groups is 2. The summed E-state index contributed by atoms with van der Waals surface area (Å²) in [7, 11) is 0. The number of amides is 3. The highest BCUT2D eigenvalue weighted by Crippen LogP contribution is 2.25. The molecule has 0 bridgehead atoms. The molecule has 0 atom stereocenters. The second kappa shape index (κ2) is 7.35. The Labute approximate surface area is 144 Å². The van der Waals surface area contributed by atoms with Crippen molar-refractivity contribution in [2.75, 3.05) is 4.90 Å². The van der Waals surface area contributed by atoms with E-state index in [0.29, 0.717) is 5.76 Å². The number of rotatable bonds is 5. The van der Waals surface area contributed by atoms with Crippen molar-refractivity contribution in [2.45, 2.75) is 6.54 Å². The smallest absolute Gasteiger partial charge is 0.326 e. The summed E-state index contributed by atoms with van der Waals surface area (Å²) in [6, 6.07) is 21.4. The molecule has 3 aromatic rings. The lowest BCUT2D eigenvalue weighted by atomic mass is 10.2. The Kier molecular flexibility index (Phi) is 4.80. The van der Waals surface area contributed by atoms with E-state index in [1.165, 1.54) is 6.07 Å². The van der Waals surface area contributed by atoms with Gasteiger partial charge in [0.05, 0.1) is 17.9 Å². The maximum Gasteiger partial charge on any atom is 0.326 e. The molecule has 126 valence electrons. The molecule has 0 fully saturated rings. The zero-order chi connectivity index (χ0) is 17.6. The molecule has 0 aliphatic rings. The summed E-state index contributed by atoms with van der Waals surface area (Å²) < 4.78 is 5.28. The standard InChI is InChI=1S/C19H17N3O3/c20-18(23)17-12-11-16(25-17)13-21-19(24)22(14-7-3-1-4-8-14)15-9-5-2-6-10-15/h1-12H,13H2,(H2,20,23)(H,21,24). The molecule has 0 saturated carbocycles. The van der Waals surface area contributed by atoms with Crippen LogP contribution in [0.25, 0.3) is 0 Å². The summed E-state index contributed by atoms with van der Waals surface area (Å²) in [4.78, 5) is 25.4. The third kappa shape index (κ3) is 3.87. The summed E-state index contributed by atoms with van der Waals surface area (Å²) >= 11 is 0. The predicted molar refractivity (Wildman–Crippen MR) is 94.5 cm³/mol. The van der Waals surface area contributed by atoms with Gasteiger partial charge in [0.25, 0.3) is 5.91 Å². The summed E-state index contributed by atoms with van der Waals surface area (Å²) in [6.07, 6.45) is 0. The number of nitrogens with one attached hydrogen (secondary N) is 1. The van der Waals surface area contributed by atoms with Gasteiger partial charge < -0.3 is 15.5 Å². The molecule has 6 heteroatoms. The average molecular weight is 335 g/mol. The van der Waals surface area contributed by atoms with Gasteiger partial charge in [0.2, 0.25) is 0 Å². The van der Waals surface area contributed by atoms with Crippen LogP contribution in [0.2, 0.25) is 0 Å². The fourth-order valence-corrected chi connectivity index (χ4v) is 2.38. The molecule has 0 unspecified atom stereocenters. The largest absolute Gasteiger partial charge is 0.454 e. The number of primary amides is 1. The van der Waals surface area contributed by atoms with Crippen LogP contribution in [0.3, 0.4) is 0 Å². The number of urea groups is 1. The Bertz CT molecular complexity index is 820. The number of hydrogen-bond donors (Lipinski definition) is 2. The van der Waals surface area contributed by atoms with Crippen molar-refractivity contribution >= 4 is 23.3 Å². The minimum atomic E-state index is -0.646. The van der Waals surface area contributed by atoms with Gasteiger partial charge in [-0.2, -0.15) is 0 Å². The maximum atomic E-state index is 12.7. The van der Waals surface area contributed by atoms with Crippen molar-refractivity contribution in [3.05, 3.63) is 84.3 Å². The Morgan fingerprint density at radius 2 is 1.44 bits per heavy atom. The molecule has 0 spiro atoms. The van der Waals surface area contributed by atoms with E-state index in [4.69, 9.17) is 10.2 Å². The minimum absolute atomic E-state index is 0.0622. The fraction of sp³-hybridized carbons (Fsp3) is 0.0526. The molecule has 0 radical (unpaired) electrons. The van der Waals surface area contributed by atoms with Crippen LogP contribution < -0.4 is 16.0 Å². The average Bonchev–Trinajstić information content (AvgIpc) is 3.11. The van der Waals surface area contributed by atoms with Crippen molar-refractivity contribution in [1.82, 2.24) is 5.32 Å². The highest BCUT2D eigenvalue weighted by Gasteiger charge is 2.18. The number of carbonyl (C=O) groups excluding carboxylic acids is 2. The van der Waals surface area contributed by atoms with E-state index < -0.39 is 5.91 Å². The van der Waals surface area contributed by atoms with E-state index in [-0.39, 0.29) is 18.3 Å². The number of anilines is 2. The zero-order valence-electron chi connectivity index (χ0n) is 13.4. The number of furan rings is 1. The van der Waals surface area contributed by atoms with Gasteiger partial charge in [-0.1, -0.05) is 36.4 Å². The third-order valence-electron chi connectivity index (χ3n) is 3.55. The molecule has 0 saturated heterocycles.